The van der Waals surface area contributed by atoms with E-state index in [-0.39, 0.29) is 0 Å². The zero-order chi connectivity index (χ0) is 9.52. The molecule has 0 saturated heterocycles. The van der Waals surface area contributed by atoms with Crippen LogP contribution in [0.5, 0.6) is 0 Å². The summed E-state index contributed by atoms with van der Waals surface area (Å²) in [5, 5.41) is 6.47. The molecule has 1 rings (SSSR count). The summed E-state index contributed by atoms with van der Waals surface area (Å²) in [5.74, 6) is 0. The first kappa shape index (κ1) is 10.6. The Hall–Kier alpha value is -0.450. The fourth-order valence-electron chi connectivity index (χ4n) is 1.03. The normalized spacial score (nSPS) is 13.1. The lowest BCUT2D eigenvalue weighted by molar-refractivity contribution is 0.147. The van der Waals surface area contributed by atoms with Crippen LogP contribution in [0.4, 0.5) is 0 Å². The Morgan fingerprint density at radius 1 is 1.69 bits per heavy atom. The van der Waals surface area contributed by atoms with Gasteiger partial charge in [-0.25, -0.2) is 4.98 Å². The number of rotatable bonds is 6. The van der Waals surface area contributed by atoms with Crippen molar-refractivity contribution in [3.63, 3.8) is 0 Å². The highest BCUT2D eigenvalue weighted by atomic mass is 32.1. The number of nitrogens with one attached hydrogen (secondary N) is 1. The lowest BCUT2D eigenvalue weighted by atomic mass is 10.3. The molecule has 0 fully saturated rings. The predicted octanol–water partition coefficient (Wildman–Crippen LogP) is 1.83. The number of ether oxygens (including phenoxy) is 1. The van der Waals surface area contributed by atoms with Crippen molar-refractivity contribution in [3.05, 3.63) is 16.6 Å². The molecule has 0 aliphatic carbocycles. The third-order valence-electron chi connectivity index (χ3n) is 1.72. The lowest BCUT2D eigenvalue weighted by Crippen LogP contribution is -2.23. The van der Waals surface area contributed by atoms with Crippen molar-refractivity contribution in [1.29, 1.82) is 0 Å². The molecule has 3 nitrogen and oxygen atoms in total. The second-order valence-corrected chi connectivity index (χ2v) is 3.67. The first-order valence-corrected chi connectivity index (χ1v) is 5.43. The lowest BCUT2D eigenvalue weighted by Gasteiger charge is -2.10. The topological polar surface area (TPSA) is 34.1 Å². The summed E-state index contributed by atoms with van der Waals surface area (Å²) >= 11 is 1.68. The summed E-state index contributed by atoms with van der Waals surface area (Å²) in [6.45, 7) is 6.56. The second kappa shape index (κ2) is 6.07. The highest BCUT2D eigenvalue weighted by Gasteiger charge is 2.05. The molecular weight excluding hydrogens is 184 g/mol. The van der Waals surface area contributed by atoms with E-state index in [9.17, 15) is 0 Å². The van der Waals surface area contributed by atoms with E-state index >= 15 is 0 Å². The van der Waals surface area contributed by atoms with Gasteiger partial charge in [0.05, 0.1) is 12.6 Å². The molecule has 0 aliphatic rings. The van der Waals surface area contributed by atoms with Gasteiger partial charge >= 0.3 is 0 Å². The third-order valence-corrected chi connectivity index (χ3v) is 2.68. The molecule has 0 spiro atoms. The molecule has 13 heavy (non-hydrogen) atoms. The van der Waals surface area contributed by atoms with Crippen LogP contribution >= 0.6 is 11.3 Å². The Kier molecular flexibility index (Phi) is 4.97. The van der Waals surface area contributed by atoms with Crippen LogP contribution in [-0.2, 0) is 4.74 Å². The Morgan fingerprint density at radius 3 is 3.15 bits per heavy atom. The van der Waals surface area contributed by atoms with E-state index in [1.807, 2.05) is 18.5 Å². The average Bonchev–Trinajstić information content (AvgIpc) is 2.65. The van der Waals surface area contributed by atoms with Gasteiger partial charge in [-0.15, -0.1) is 11.3 Å². The Labute approximate surface area is 83.1 Å². The van der Waals surface area contributed by atoms with Crippen LogP contribution in [0.25, 0.3) is 0 Å². The van der Waals surface area contributed by atoms with Crippen molar-refractivity contribution in [2.45, 2.75) is 19.9 Å². The van der Waals surface area contributed by atoms with Gasteiger partial charge in [0.25, 0.3) is 0 Å². The fourth-order valence-corrected chi connectivity index (χ4v) is 1.70. The zero-order valence-electron chi connectivity index (χ0n) is 8.12. The first-order valence-electron chi connectivity index (χ1n) is 4.55. The van der Waals surface area contributed by atoms with E-state index in [0.717, 1.165) is 24.8 Å². The standard InChI is InChI=1S/C9H16N2OS/c1-3-12-6-4-10-8(2)9-11-5-7-13-9/h5,7-8,10H,3-4,6H2,1-2H3/t8-/m1/s1. The van der Waals surface area contributed by atoms with Gasteiger partial charge in [-0.2, -0.15) is 0 Å². The molecule has 0 aromatic carbocycles. The summed E-state index contributed by atoms with van der Waals surface area (Å²) < 4.78 is 5.22. The molecule has 0 aliphatic heterocycles. The van der Waals surface area contributed by atoms with Crippen LogP contribution in [0.2, 0.25) is 0 Å². The Balaban J connectivity index is 2.15. The molecule has 0 radical (unpaired) electrons. The van der Waals surface area contributed by atoms with Crippen LogP contribution in [0.3, 0.4) is 0 Å². The van der Waals surface area contributed by atoms with E-state index in [1.165, 1.54) is 0 Å². The SMILES string of the molecule is CCOCCN[C@H](C)c1nccs1. The van der Waals surface area contributed by atoms with Crippen molar-refractivity contribution in [1.82, 2.24) is 10.3 Å². The van der Waals surface area contributed by atoms with Crippen molar-refractivity contribution in [2.24, 2.45) is 0 Å². The molecule has 74 valence electrons. The monoisotopic (exact) mass is 200 g/mol. The van der Waals surface area contributed by atoms with Crippen molar-refractivity contribution < 1.29 is 4.74 Å². The number of aromatic nitrogens is 1. The van der Waals surface area contributed by atoms with E-state index in [0.29, 0.717) is 6.04 Å². The van der Waals surface area contributed by atoms with Crippen LogP contribution in [-0.4, -0.2) is 24.7 Å². The summed E-state index contributed by atoms with van der Waals surface area (Å²) in [5.41, 5.74) is 0. The maximum atomic E-state index is 5.22. The molecule has 0 bridgehead atoms. The predicted molar refractivity (Wildman–Crippen MR) is 55.0 cm³/mol. The molecule has 0 amide bonds. The largest absolute Gasteiger partial charge is 0.380 e. The highest BCUT2D eigenvalue weighted by Crippen LogP contribution is 2.13. The minimum atomic E-state index is 0.334. The molecule has 0 saturated carbocycles. The Morgan fingerprint density at radius 2 is 2.54 bits per heavy atom. The van der Waals surface area contributed by atoms with Gasteiger partial charge in [0, 0.05) is 24.7 Å². The summed E-state index contributed by atoms with van der Waals surface area (Å²) in [7, 11) is 0. The molecule has 1 aromatic rings. The fraction of sp³-hybridized carbons (Fsp3) is 0.667. The highest BCUT2D eigenvalue weighted by molar-refractivity contribution is 7.09. The summed E-state index contributed by atoms with van der Waals surface area (Å²) in [6, 6.07) is 0.334. The van der Waals surface area contributed by atoms with Gasteiger partial charge in [-0.05, 0) is 13.8 Å². The average molecular weight is 200 g/mol. The minimum Gasteiger partial charge on any atom is -0.380 e. The minimum absolute atomic E-state index is 0.334. The summed E-state index contributed by atoms with van der Waals surface area (Å²) in [4.78, 5) is 4.23. The van der Waals surface area contributed by atoms with Gasteiger partial charge in [0.1, 0.15) is 5.01 Å². The molecule has 1 aromatic heterocycles. The van der Waals surface area contributed by atoms with E-state index in [4.69, 9.17) is 4.74 Å². The van der Waals surface area contributed by atoms with E-state index in [1.54, 1.807) is 11.3 Å². The molecular formula is C9H16N2OS. The quantitative estimate of drug-likeness (QED) is 0.711. The molecule has 1 heterocycles. The number of hydrogen-bond donors (Lipinski definition) is 1. The van der Waals surface area contributed by atoms with Gasteiger partial charge in [-0.3, -0.25) is 0 Å². The number of nitrogens with zero attached hydrogens (tertiary/aromatic N) is 1. The van der Waals surface area contributed by atoms with Crippen LogP contribution < -0.4 is 5.32 Å². The van der Waals surface area contributed by atoms with E-state index in [2.05, 4.69) is 17.2 Å². The number of hydrogen-bond acceptors (Lipinski definition) is 4. The van der Waals surface area contributed by atoms with E-state index < -0.39 is 0 Å². The van der Waals surface area contributed by atoms with Crippen molar-refractivity contribution in [2.75, 3.05) is 19.8 Å². The molecule has 1 atom stereocenters. The maximum Gasteiger partial charge on any atom is 0.109 e. The van der Waals surface area contributed by atoms with Crippen LogP contribution in [0.15, 0.2) is 11.6 Å². The zero-order valence-corrected chi connectivity index (χ0v) is 8.93. The van der Waals surface area contributed by atoms with Crippen LogP contribution in [0.1, 0.15) is 24.9 Å². The summed E-state index contributed by atoms with van der Waals surface area (Å²) in [6.07, 6.45) is 1.83. The first-order chi connectivity index (χ1) is 6.34. The Bertz CT molecular complexity index is 213. The molecule has 1 N–H and O–H groups in total. The van der Waals surface area contributed by atoms with Crippen molar-refractivity contribution in [3.8, 4) is 0 Å². The smallest absolute Gasteiger partial charge is 0.109 e. The third kappa shape index (κ3) is 3.85. The maximum absolute atomic E-state index is 5.22. The van der Waals surface area contributed by atoms with Gasteiger partial charge in [0.2, 0.25) is 0 Å². The molecule has 0 unspecified atom stereocenters. The van der Waals surface area contributed by atoms with Gasteiger partial charge in [-0.1, -0.05) is 0 Å². The van der Waals surface area contributed by atoms with Gasteiger partial charge < -0.3 is 10.1 Å². The molecule has 4 heteroatoms. The van der Waals surface area contributed by atoms with Gasteiger partial charge in [0.15, 0.2) is 0 Å². The number of thiazole rings is 1. The van der Waals surface area contributed by atoms with Crippen molar-refractivity contribution >= 4 is 11.3 Å². The second-order valence-electron chi connectivity index (χ2n) is 2.74. The van der Waals surface area contributed by atoms with Crippen LogP contribution in [0, 0.1) is 0 Å².